The first kappa shape index (κ1) is 14.6. The smallest absolute Gasteiger partial charge is 0.129 e. The minimum absolute atomic E-state index is 0.331. The van der Waals surface area contributed by atoms with Gasteiger partial charge in [-0.05, 0) is 29.0 Å². The van der Waals surface area contributed by atoms with Gasteiger partial charge in [-0.1, -0.05) is 25.4 Å². The first-order valence-electron chi connectivity index (χ1n) is 7.71. The predicted octanol–water partition coefficient (Wildman–Crippen LogP) is 3.84. The quantitative estimate of drug-likeness (QED) is 0.685. The zero-order valence-electron chi connectivity index (χ0n) is 13.0. The first-order valence-corrected chi connectivity index (χ1v) is 8.08. The molecule has 3 aromatic rings. The lowest BCUT2D eigenvalue weighted by molar-refractivity contribution is -0.0285. The fourth-order valence-corrected chi connectivity index (χ4v) is 3.00. The predicted molar refractivity (Wildman–Crippen MR) is 89.7 cm³/mol. The van der Waals surface area contributed by atoms with Crippen molar-refractivity contribution in [2.45, 2.75) is 25.8 Å². The fraction of sp³-hybridized carbons (Fsp3) is 0.353. The summed E-state index contributed by atoms with van der Waals surface area (Å²) in [7, 11) is 0. The van der Waals surface area contributed by atoms with Gasteiger partial charge in [0.25, 0.3) is 0 Å². The number of hydrogen-bond donors (Lipinski definition) is 0. The standard InChI is InChI=1S/C17H17ClN4O/c1-10(2)13-6-20-17(14-7-19-16(18)5-12(13)14)15-3-4-22(21-15)11-8-23-9-11/h3-7,10-11H,8-9H2,1-2H3. The Morgan fingerprint density at radius 3 is 2.74 bits per heavy atom. The molecule has 0 radical (unpaired) electrons. The average Bonchev–Trinajstić information content (AvgIpc) is 2.92. The molecular weight excluding hydrogens is 312 g/mol. The van der Waals surface area contributed by atoms with Crippen molar-refractivity contribution in [1.82, 2.24) is 19.7 Å². The number of ether oxygens (including phenoxy) is 1. The van der Waals surface area contributed by atoms with E-state index in [2.05, 4.69) is 28.9 Å². The van der Waals surface area contributed by atoms with Gasteiger partial charge in [-0.25, -0.2) is 4.98 Å². The van der Waals surface area contributed by atoms with Crippen LogP contribution in [-0.2, 0) is 4.74 Å². The van der Waals surface area contributed by atoms with Crippen molar-refractivity contribution in [2.24, 2.45) is 0 Å². The summed E-state index contributed by atoms with van der Waals surface area (Å²) in [6.45, 7) is 5.74. The maximum atomic E-state index is 6.10. The molecule has 1 aliphatic rings. The molecule has 4 heterocycles. The molecule has 0 bridgehead atoms. The van der Waals surface area contributed by atoms with Gasteiger partial charge < -0.3 is 4.74 Å². The minimum Gasteiger partial charge on any atom is -0.377 e. The number of rotatable bonds is 3. The molecule has 4 rings (SSSR count). The maximum absolute atomic E-state index is 6.10. The summed E-state index contributed by atoms with van der Waals surface area (Å²) in [6.07, 6.45) is 5.69. The monoisotopic (exact) mass is 328 g/mol. The van der Waals surface area contributed by atoms with E-state index in [1.165, 1.54) is 5.56 Å². The van der Waals surface area contributed by atoms with Crippen LogP contribution in [0, 0.1) is 0 Å². The summed E-state index contributed by atoms with van der Waals surface area (Å²) in [4.78, 5) is 8.89. The number of pyridine rings is 2. The summed E-state index contributed by atoms with van der Waals surface area (Å²) < 4.78 is 7.18. The Kier molecular flexibility index (Phi) is 3.54. The van der Waals surface area contributed by atoms with E-state index in [9.17, 15) is 0 Å². The Balaban J connectivity index is 1.87. The Morgan fingerprint density at radius 2 is 2.04 bits per heavy atom. The SMILES string of the molecule is CC(C)c1cnc(-c2ccn(C3COC3)n2)c2cnc(Cl)cc12. The number of hydrogen-bond acceptors (Lipinski definition) is 4. The summed E-state index contributed by atoms with van der Waals surface area (Å²) >= 11 is 6.10. The highest BCUT2D eigenvalue weighted by Gasteiger charge is 2.22. The van der Waals surface area contributed by atoms with Crippen LogP contribution in [0.15, 0.2) is 30.7 Å². The molecule has 0 atom stereocenters. The summed E-state index contributed by atoms with van der Waals surface area (Å²) in [5.41, 5.74) is 2.86. The number of aromatic nitrogens is 4. The van der Waals surface area contributed by atoms with E-state index < -0.39 is 0 Å². The van der Waals surface area contributed by atoms with E-state index >= 15 is 0 Å². The molecule has 1 aliphatic heterocycles. The molecule has 0 saturated carbocycles. The molecule has 118 valence electrons. The summed E-state index contributed by atoms with van der Waals surface area (Å²) in [5, 5.41) is 7.23. The molecule has 1 fully saturated rings. The van der Waals surface area contributed by atoms with Gasteiger partial charge >= 0.3 is 0 Å². The number of fused-ring (bicyclic) bond motifs is 1. The van der Waals surface area contributed by atoms with Gasteiger partial charge in [0.05, 0.1) is 24.9 Å². The highest BCUT2D eigenvalue weighted by molar-refractivity contribution is 6.30. The largest absolute Gasteiger partial charge is 0.377 e. The van der Waals surface area contributed by atoms with Crippen molar-refractivity contribution in [1.29, 1.82) is 0 Å². The Labute approximate surface area is 139 Å². The van der Waals surface area contributed by atoms with Crippen molar-refractivity contribution < 1.29 is 4.74 Å². The van der Waals surface area contributed by atoms with Crippen molar-refractivity contribution in [3.63, 3.8) is 0 Å². The second-order valence-corrected chi connectivity index (χ2v) is 6.53. The Hall–Kier alpha value is -1.98. The molecule has 0 unspecified atom stereocenters. The molecule has 3 aromatic heterocycles. The molecule has 0 aliphatic carbocycles. The third kappa shape index (κ3) is 2.50. The normalized spacial score (nSPS) is 15.3. The fourth-order valence-electron chi connectivity index (χ4n) is 2.84. The van der Waals surface area contributed by atoms with Crippen LogP contribution in [0.4, 0.5) is 0 Å². The molecule has 1 saturated heterocycles. The topological polar surface area (TPSA) is 52.8 Å². The van der Waals surface area contributed by atoms with Crippen LogP contribution in [0.3, 0.4) is 0 Å². The molecular formula is C17H17ClN4O. The molecule has 5 nitrogen and oxygen atoms in total. The van der Waals surface area contributed by atoms with Crippen molar-refractivity contribution in [3.8, 4) is 11.4 Å². The second kappa shape index (κ2) is 5.58. The third-order valence-corrected chi connectivity index (χ3v) is 4.44. The maximum Gasteiger partial charge on any atom is 0.129 e. The van der Waals surface area contributed by atoms with Gasteiger partial charge in [-0.2, -0.15) is 5.10 Å². The Bertz CT molecular complexity index is 870. The van der Waals surface area contributed by atoms with Crippen molar-refractivity contribution >= 4 is 22.4 Å². The zero-order chi connectivity index (χ0) is 16.0. The zero-order valence-corrected chi connectivity index (χ0v) is 13.8. The van der Waals surface area contributed by atoms with Gasteiger partial charge in [-0.3, -0.25) is 9.67 Å². The second-order valence-electron chi connectivity index (χ2n) is 6.14. The van der Waals surface area contributed by atoms with E-state index in [0.29, 0.717) is 17.1 Å². The average molecular weight is 329 g/mol. The lowest BCUT2D eigenvalue weighted by Gasteiger charge is -2.25. The number of nitrogens with zero attached hydrogens (tertiary/aromatic N) is 4. The first-order chi connectivity index (χ1) is 11.1. The van der Waals surface area contributed by atoms with Gasteiger partial charge in [-0.15, -0.1) is 0 Å². The highest BCUT2D eigenvalue weighted by Crippen LogP contribution is 2.32. The van der Waals surface area contributed by atoms with E-state index in [-0.39, 0.29) is 0 Å². The molecule has 0 spiro atoms. The molecule has 6 heteroatoms. The van der Waals surface area contributed by atoms with Crippen LogP contribution in [0.2, 0.25) is 5.15 Å². The molecule has 0 N–H and O–H groups in total. The lowest BCUT2D eigenvalue weighted by Crippen LogP contribution is -2.30. The van der Waals surface area contributed by atoms with E-state index in [0.717, 1.165) is 35.4 Å². The van der Waals surface area contributed by atoms with Gasteiger partial charge in [0.15, 0.2) is 0 Å². The number of halogens is 1. The lowest BCUT2D eigenvalue weighted by atomic mass is 9.98. The van der Waals surface area contributed by atoms with Crippen LogP contribution in [0.25, 0.3) is 22.2 Å². The van der Waals surface area contributed by atoms with Crippen molar-refractivity contribution in [2.75, 3.05) is 13.2 Å². The highest BCUT2D eigenvalue weighted by atomic mass is 35.5. The van der Waals surface area contributed by atoms with Crippen LogP contribution < -0.4 is 0 Å². The van der Waals surface area contributed by atoms with Gasteiger partial charge in [0.1, 0.15) is 10.8 Å². The molecule has 23 heavy (non-hydrogen) atoms. The van der Waals surface area contributed by atoms with Gasteiger partial charge in [0.2, 0.25) is 0 Å². The van der Waals surface area contributed by atoms with Crippen LogP contribution in [0.1, 0.15) is 31.4 Å². The minimum atomic E-state index is 0.331. The third-order valence-electron chi connectivity index (χ3n) is 4.24. The summed E-state index contributed by atoms with van der Waals surface area (Å²) in [6, 6.07) is 4.23. The van der Waals surface area contributed by atoms with E-state index in [1.807, 2.05) is 29.2 Å². The summed E-state index contributed by atoms with van der Waals surface area (Å²) in [5.74, 6) is 0.363. The van der Waals surface area contributed by atoms with Crippen molar-refractivity contribution in [3.05, 3.63) is 41.4 Å². The molecule has 0 amide bonds. The van der Waals surface area contributed by atoms with Crippen LogP contribution >= 0.6 is 11.6 Å². The van der Waals surface area contributed by atoms with Crippen LogP contribution in [0.5, 0.6) is 0 Å². The van der Waals surface area contributed by atoms with Gasteiger partial charge in [0, 0.05) is 24.0 Å². The molecule has 0 aromatic carbocycles. The van der Waals surface area contributed by atoms with E-state index in [1.54, 1.807) is 6.20 Å². The Morgan fingerprint density at radius 1 is 1.22 bits per heavy atom. The van der Waals surface area contributed by atoms with Crippen LogP contribution in [-0.4, -0.2) is 33.0 Å². The van der Waals surface area contributed by atoms with E-state index in [4.69, 9.17) is 16.3 Å².